The Balaban J connectivity index is 3.32. The second-order valence-electron chi connectivity index (χ2n) is 5.02. The summed E-state index contributed by atoms with van der Waals surface area (Å²) in [6, 6.07) is 0. The first-order valence-corrected chi connectivity index (χ1v) is 7.94. The highest BCUT2D eigenvalue weighted by atomic mass is 16.4. The standard InChI is InChI=1S/C18H30O2/c1-2-3-4-5-6-7-8-9-10-11-12-13-14-15-16-17-18(19)20/h7-8,10-11,13-14H,2-6,9,12,15-17H2,1H3,(H,19,20)/b8-7+,11-10+,14-13+. The summed E-state index contributed by atoms with van der Waals surface area (Å²) in [5.74, 6) is -0.709. The normalized spacial score (nSPS) is 12.1. The first-order chi connectivity index (χ1) is 9.77. The van der Waals surface area contributed by atoms with Crippen LogP contribution in [0.1, 0.15) is 71.1 Å². The van der Waals surface area contributed by atoms with E-state index in [0.29, 0.717) is 0 Å². The van der Waals surface area contributed by atoms with Gasteiger partial charge in [0.2, 0.25) is 0 Å². The van der Waals surface area contributed by atoms with Crippen LogP contribution in [0.25, 0.3) is 0 Å². The fourth-order valence-electron chi connectivity index (χ4n) is 1.84. The van der Waals surface area contributed by atoms with Crippen LogP contribution in [-0.2, 0) is 4.79 Å². The second-order valence-corrected chi connectivity index (χ2v) is 5.02. The maximum absolute atomic E-state index is 10.3. The van der Waals surface area contributed by atoms with Crippen molar-refractivity contribution in [2.45, 2.75) is 71.1 Å². The van der Waals surface area contributed by atoms with Crippen LogP contribution in [0.15, 0.2) is 36.5 Å². The van der Waals surface area contributed by atoms with E-state index in [1.807, 2.05) is 0 Å². The Morgan fingerprint density at radius 1 is 0.800 bits per heavy atom. The molecule has 1 N–H and O–H groups in total. The van der Waals surface area contributed by atoms with Crippen molar-refractivity contribution >= 4 is 5.97 Å². The smallest absolute Gasteiger partial charge is 0.303 e. The molecule has 0 spiro atoms. The molecule has 0 radical (unpaired) electrons. The van der Waals surface area contributed by atoms with Crippen molar-refractivity contribution in [3.05, 3.63) is 36.5 Å². The number of allylic oxidation sites excluding steroid dienone is 6. The molecule has 0 aliphatic carbocycles. The van der Waals surface area contributed by atoms with Gasteiger partial charge < -0.3 is 5.11 Å². The van der Waals surface area contributed by atoms with E-state index >= 15 is 0 Å². The molecule has 0 aliphatic rings. The fourth-order valence-corrected chi connectivity index (χ4v) is 1.84. The highest BCUT2D eigenvalue weighted by molar-refractivity contribution is 5.66. The summed E-state index contributed by atoms with van der Waals surface area (Å²) in [5, 5.41) is 8.48. The van der Waals surface area contributed by atoms with E-state index in [2.05, 4.69) is 43.4 Å². The van der Waals surface area contributed by atoms with Crippen molar-refractivity contribution in [2.75, 3.05) is 0 Å². The topological polar surface area (TPSA) is 37.3 Å². The van der Waals surface area contributed by atoms with Crippen LogP contribution in [0, 0.1) is 0 Å². The number of carboxylic acid groups (broad SMARTS) is 1. The molecular weight excluding hydrogens is 248 g/mol. The summed E-state index contributed by atoms with van der Waals surface area (Å²) in [7, 11) is 0. The molecule has 2 nitrogen and oxygen atoms in total. The maximum Gasteiger partial charge on any atom is 0.303 e. The van der Waals surface area contributed by atoms with Crippen LogP contribution < -0.4 is 0 Å². The number of aliphatic carboxylic acids is 1. The van der Waals surface area contributed by atoms with Gasteiger partial charge in [0, 0.05) is 6.42 Å². The molecule has 0 aromatic carbocycles. The minimum Gasteiger partial charge on any atom is -0.481 e. The monoisotopic (exact) mass is 278 g/mol. The average molecular weight is 278 g/mol. The van der Waals surface area contributed by atoms with Crippen LogP contribution >= 0.6 is 0 Å². The summed E-state index contributed by atoms with van der Waals surface area (Å²) >= 11 is 0. The van der Waals surface area contributed by atoms with Crippen molar-refractivity contribution in [3.63, 3.8) is 0 Å². The molecule has 0 rings (SSSR count). The number of rotatable bonds is 13. The number of carboxylic acids is 1. The predicted molar refractivity (Wildman–Crippen MR) is 86.9 cm³/mol. The Bertz CT molecular complexity index is 301. The molecule has 0 saturated carbocycles. The van der Waals surface area contributed by atoms with E-state index in [1.54, 1.807) is 0 Å². The SMILES string of the molecule is CCCCCC/C=C/C/C=C/C/C=C/CCCC(=O)O. The molecule has 0 fully saturated rings. The maximum atomic E-state index is 10.3. The third-order valence-electron chi connectivity index (χ3n) is 3.03. The molecule has 0 unspecified atom stereocenters. The van der Waals surface area contributed by atoms with Crippen molar-refractivity contribution in [2.24, 2.45) is 0 Å². The van der Waals surface area contributed by atoms with E-state index < -0.39 is 5.97 Å². The van der Waals surface area contributed by atoms with Crippen LogP contribution in [0.4, 0.5) is 0 Å². The summed E-state index contributed by atoms with van der Waals surface area (Å²) in [5.41, 5.74) is 0. The molecule has 0 saturated heterocycles. The van der Waals surface area contributed by atoms with Gasteiger partial charge in [-0.2, -0.15) is 0 Å². The molecule has 20 heavy (non-hydrogen) atoms. The van der Waals surface area contributed by atoms with Crippen molar-refractivity contribution in [1.29, 1.82) is 0 Å². The van der Waals surface area contributed by atoms with Gasteiger partial charge in [-0.05, 0) is 38.5 Å². The molecule has 0 bridgehead atoms. The minimum absolute atomic E-state index is 0.267. The average Bonchev–Trinajstić information content (AvgIpc) is 2.43. The Kier molecular flexibility index (Phi) is 14.7. The minimum atomic E-state index is -0.709. The van der Waals surface area contributed by atoms with Gasteiger partial charge in [0.25, 0.3) is 0 Å². The van der Waals surface area contributed by atoms with Crippen LogP contribution in [-0.4, -0.2) is 11.1 Å². The van der Waals surface area contributed by atoms with Crippen molar-refractivity contribution in [3.8, 4) is 0 Å². The van der Waals surface area contributed by atoms with E-state index in [1.165, 1.54) is 32.1 Å². The lowest BCUT2D eigenvalue weighted by molar-refractivity contribution is -0.137. The molecule has 0 atom stereocenters. The summed E-state index contributed by atoms with van der Waals surface area (Å²) < 4.78 is 0. The van der Waals surface area contributed by atoms with Gasteiger partial charge in [0.1, 0.15) is 0 Å². The zero-order valence-corrected chi connectivity index (χ0v) is 12.9. The van der Waals surface area contributed by atoms with Gasteiger partial charge in [-0.3, -0.25) is 4.79 Å². The van der Waals surface area contributed by atoms with E-state index in [4.69, 9.17) is 5.11 Å². The lowest BCUT2D eigenvalue weighted by Gasteiger charge is -1.93. The van der Waals surface area contributed by atoms with E-state index in [0.717, 1.165) is 25.7 Å². The third kappa shape index (κ3) is 16.7. The molecule has 0 amide bonds. The van der Waals surface area contributed by atoms with Crippen LogP contribution in [0.5, 0.6) is 0 Å². The van der Waals surface area contributed by atoms with Gasteiger partial charge in [-0.1, -0.05) is 62.6 Å². The third-order valence-corrected chi connectivity index (χ3v) is 3.03. The summed E-state index contributed by atoms with van der Waals surface area (Å²) in [6.07, 6.45) is 23.4. The van der Waals surface area contributed by atoms with Gasteiger partial charge >= 0.3 is 5.97 Å². The van der Waals surface area contributed by atoms with Gasteiger partial charge in [0.05, 0.1) is 0 Å². The zero-order chi connectivity index (χ0) is 14.9. The van der Waals surface area contributed by atoms with Crippen LogP contribution in [0.2, 0.25) is 0 Å². The first-order valence-electron chi connectivity index (χ1n) is 7.94. The highest BCUT2D eigenvalue weighted by Gasteiger charge is 1.92. The zero-order valence-electron chi connectivity index (χ0n) is 12.9. The Labute approximate surface area is 124 Å². The van der Waals surface area contributed by atoms with Gasteiger partial charge in [-0.25, -0.2) is 0 Å². The molecule has 0 aromatic heterocycles. The largest absolute Gasteiger partial charge is 0.481 e. The molecule has 0 heterocycles. The predicted octanol–water partition coefficient (Wildman–Crippen LogP) is 5.66. The highest BCUT2D eigenvalue weighted by Crippen LogP contribution is 2.03. The lowest BCUT2D eigenvalue weighted by atomic mass is 10.1. The number of carbonyl (C=O) groups is 1. The Hall–Kier alpha value is -1.31. The summed E-state index contributed by atoms with van der Waals surface area (Å²) in [6.45, 7) is 2.24. The molecule has 114 valence electrons. The van der Waals surface area contributed by atoms with Gasteiger partial charge in [-0.15, -0.1) is 0 Å². The number of unbranched alkanes of at least 4 members (excludes halogenated alkanes) is 5. The number of hydrogen-bond donors (Lipinski definition) is 1. The van der Waals surface area contributed by atoms with E-state index in [9.17, 15) is 4.79 Å². The number of hydrogen-bond acceptors (Lipinski definition) is 1. The molecular formula is C18H30O2. The Morgan fingerprint density at radius 3 is 1.90 bits per heavy atom. The second kappa shape index (κ2) is 15.7. The van der Waals surface area contributed by atoms with Crippen molar-refractivity contribution < 1.29 is 9.90 Å². The van der Waals surface area contributed by atoms with E-state index in [-0.39, 0.29) is 6.42 Å². The molecule has 0 aliphatic heterocycles. The Morgan fingerprint density at radius 2 is 1.35 bits per heavy atom. The quantitative estimate of drug-likeness (QED) is 0.348. The fraction of sp³-hybridized carbons (Fsp3) is 0.611. The van der Waals surface area contributed by atoms with Crippen LogP contribution in [0.3, 0.4) is 0 Å². The summed E-state index contributed by atoms with van der Waals surface area (Å²) in [4.78, 5) is 10.3. The van der Waals surface area contributed by atoms with Crippen molar-refractivity contribution in [1.82, 2.24) is 0 Å². The first kappa shape index (κ1) is 18.7. The molecule has 2 heteroatoms. The molecule has 0 aromatic rings. The lowest BCUT2D eigenvalue weighted by Crippen LogP contribution is -1.92. The van der Waals surface area contributed by atoms with Gasteiger partial charge in [0.15, 0.2) is 0 Å².